The van der Waals surface area contributed by atoms with Gasteiger partial charge in [-0.05, 0) is 12.6 Å². The SMILES string of the molecule is Cn1nc(-c2cc[nH]c2)nc1CCN. The molecule has 0 aliphatic heterocycles. The fraction of sp³-hybridized carbons (Fsp3) is 0.333. The number of rotatable bonds is 3. The Kier molecular flexibility index (Phi) is 2.32. The summed E-state index contributed by atoms with van der Waals surface area (Å²) in [6.45, 7) is 0.596. The largest absolute Gasteiger partial charge is 0.367 e. The number of aryl methyl sites for hydroxylation is 1. The molecule has 0 aliphatic carbocycles. The van der Waals surface area contributed by atoms with E-state index in [1.807, 2.05) is 25.5 Å². The van der Waals surface area contributed by atoms with Gasteiger partial charge in [0.05, 0.1) is 0 Å². The van der Waals surface area contributed by atoms with Crippen molar-refractivity contribution in [1.82, 2.24) is 19.7 Å². The summed E-state index contributed by atoms with van der Waals surface area (Å²) in [4.78, 5) is 7.37. The first-order valence-corrected chi connectivity index (χ1v) is 4.54. The van der Waals surface area contributed by atoms with Crippen molar-refractivity contribution in [3.05, 3.63) is 24.3 Å². The van der Waals surface area contributed by atoms with Crippen molar-refractivity contribution in [2.75, 3.05) is 6.54 Å². The average molecular weight is 191 g/mol. The summed E-state index contributed by atoms with van der Waals surface area (Å²) >= 11 is 0. The topological polar surface area (TPSA) is 72.5 Å². The van der Waals surface area contributed by atoms with Gasteiger partial charge in [-0.1, -0.05) is 0 Å². The minimum Gasteiger partial charge on any atom is -0.367 e. The molecule has 3 N–H and O–H groups in total. The third-order valence-corrected chi connectivity index (χ3v) is 2.08. The van der Waals surface area contributed by atoms with E-state index in [2.05, 4.69) is 15.1 Å². The van der Waals surface area contributed by atoms with Gasteiger partial charge in [-0.15, -0.1) is 0 Å². The minimum atomic E-state index is 0.596. The fourth-order valence-corrected chi connectivity index (χ4v) is 1.35. The van der Waals surface area contributed by atoms with Crippen molar-refractivity contribution in [1.29, 1.82) is 0 Å². The zero-order valence-corrected chi connectivity index (χ0v) is 8.07. The second-order valence-corrected chi connectivity index (χ2v) is 3.11. The van der Waals surface area contributed by atoms with Gasteiger partial charge in [0.2, 0.25) is 0 Å². The number of nitrogens with zero attached hydrogens (tertiary/aromatic N) is 3. The molecule has 2 rings (SSSR count). The van der Waals surface area contributed by atoms with Crippen LogP contribution in [0.1, 0.15) is 5.82 Å². The van der Waals surface area contributed by atoms with Gasteiger partial charge in [-0.2, -0.15) is 5.10 Å². The van der Waals surface area contributed by atoms with Crippen LogP contribution in [-0.2, 0) is 13.5 Å². The van der Waals surface area contributed by atoms with E-state index < -0.39 is 0 Å². The van der Waals surface area contributed by atoms with Crippen molar-refractivity contribution in [2.45, 2.75) is 6.42 Å². The van der Waals surface area contributed by atoms with E-state index in [1.165, 1.54) is 0 Å². The standard InChI is InChI=1S/C9H13N5/c1-14-8(2-4-10)12-9(13-14)7-3-5-11-6-7/h3,5-6,11H,2,4,10H2,1H3. The molecular formula is C9H13N5. The van der Waals surface area contributed by atoms with Crippen LogP contribution in [-0.4, -0.2) is 26.3 Å². The molecule has 74 valence electrons. The number of hydrogen-bond donors (Lipinski definition) is 2. The van der Waals surface area contributed by atoms with Crippen molar-refractivity contribution in [3.8, 4) is 11.4 Å². The number of aromatic nitrogens is 4. The fourth-order valence-electron chi connectivity index (χ4n) is 1.35. The van der Waals surface area contributed by atoms with E-state index in [4.69, 9.17) is 5.73 Å². The summed E-state index contributed by atoms with van der Waals surface area (Å²) in [5, 5.41) is 4.30. The molecular weight excluding hydrogens is 178 g/mol. The number of nitrogens with two attached hydrogens (primary N) is 1. The van der Waals surface area contributed by atoms with Crippen LogP contribution in [0.2, 0.25) is 0 Å². The van der Waals surface area contributed by atoms with Crippen molar-refractivity contribution < 1.29 is 0 Å². The molecule has 14 heavy (non-hydrogen) atoms. The first kappa shape index (κ1) is 8.96. The summed E-state index contributed by atoms with van der Waals surface area (Å²) < 4.78 is 1.77. The number of hydrogen-bond acceptors (Lipinski definition) is 3. The van der Waals surface area contributed by atoms with Gasteiger partial charge in [0.15, 0.2) is 5.82 Å². The molecule has 2 heterocycles. The third-order valence-electron chi connectivity index (χ3n) is 2.08. The predicted octanol–water partition coefficient (Wildman–Crippen LogP) is 0.311. The van der Waals surface area contributed by atoms with Gasteiger partial charge in [-0.3, -0.25) is 4.68 Å². The molecule has 0 radical (unpaired) electrons. The van der Waals surface area contributed by atoms with E-state index in [0.29, 0.717) is 6.54 Å². The van der Waals surface area contributed by atoms with Gasteiger partial charge in [-0.25, -0.2) is 4.98 Å². The number of aromatic amines is 1. The Morgan fingerprint density at radius 1 is 1.57 bits per heavy atom. The Morgan fingerprint density at radius 2 is 2.43 bits per heavy atom. The highest BCUT2D eigenvalue weighted by molar-refractivity contribution is 5.52. The molecule has 0 unspecified atom stereocenters. The second kappa shape index (κ2) is 3.63. The van der Waals surface area contributed by atoms with Gasteiger partial charge < -0.3 is 10.7 Å². The van der Waals surface area contributed by atoms with E-state index in [-0.39, 0.29) is 0 Å². The second-order valence-electron chi connectivity index (χ2n) is 3.11. The van der Waals surface area contributed by atoms with Crippen molar-refractivity contribution in [2.24, 2.45) is 12.8 Å². The van der Waals surface area contributed by atoms with Gasteiger partial charge in [0.1, 0.15) is 5.82 Å². The predicted molar refractivity (Wildman–Crippen MR) is 53.5 cm³/mol. The Bertz CT molecular complexity index is 401. The maximum atomic E-state index is 5.47. The summed E-state index contributed by atoms with van der Waals surface area (Å²) in [5.41, 5.74) is 6.47. The Morgan fingerprint density at radius 3 is 3.07 bits per heavy atom. The first-order valence-electron chi connectivity index (χ1n) is 4.54. The summed E-state index contributed by atoms with van der Waals surface area (Å²) in [5.74, 6) is 1.67. The molecule has 0 spiro atoms. The monoisotopic (exact) mass is 191 g/mol. The normalized spacial score (nSPS) is 10.7. The van der Waals surface area contributed by atoms with Crippen molar-refractivity contribution in [3.63, 3.8) is 0 Å². The zero-order valence-electron chi connectivity index (χ0n) is 8.07. The minimum absolute atomic E-state index is 0.596. The van der Waals surface area contributed by atoms with Gasteiger partial charge in [0.25, 0.3) is 0 Å². The van der Waals surface area contributed by atoms with Crippen LogP contribution >= 0.6 is 0 Å². The van der Waals surface area contributed by atoms with E-state index in [0.717, 1.165) is 23.6 Å². The smallest absolute Gasteiger partial charge is 0.182 e. The third kappa shape index (κ3) is 1.54. The van der Waals surface area contributed by atoms with Crippen LogP contribution in [0.3, 0.4) is 0 Å². The first-order chi connectivity index (χ1) is 6.81. The van der Waals surface area contributed by atoms with E-state index in [1.54, 1.807) is 4.68 Å². The molecule has 0 aliphatic rings. The highest BCUT2D eigenvalue weighted by Gasteiger charge is 2.07. The lowest BCUT2D eigenvalue weighted by molar-refractivity contribution is 0.697. The lowest BCUT2D eigenvalue weighted by atomic mass is 10.3. The summed E-state index contributed by atoms with van der Waals surface area (Å²) in [7, 11) is 1.88. The maximum absolute atomic E-state index is 5.47. The molecule has 0 atom stereocenters. The lowest BCUT2D eigenvalue weighted by Gasteiger charge is -1.93. The zero-order chi connectivity index (χ0) is 9.97. The molecule has 2 aromatic rings. The number of H-pyrrole nitrogens is 1. The van der Waals surface area contributed by atoms with Crippen LogP contribution in [0.4, 0.5) is 0 Å². The molecule has 0 aromatic carbocycles. The highest BCUT2D eigenvalue weighted by atomic mass is 15.3. The molecule has 5 heteroatoms. The van der Waals surface area contributed by atoms with E-state index >= 15 is 0 Å². The molecule has 0 amide bonds. The lowest BCUT2D eigenvalue weighted by Crippen LogP contribution is -2.08. The van der Waals surface area contributed by atoms with Crippen molar-refractivity contribution >= 4 is 0 Å². The molecule has 5 nitrogen and oxygen atoms in total. The highest BCUT2D eigenvalue weighted by Crippen LogP contribution is 2.13. The molecule has 2 aromatic heterocycles. The molecule has 0 bridgehead atoms. The van der Waals surface area contributed by atoms with Crippen LogP contribution in [0, 0.1) is 0 Å². The Labute approximate surface area is 82.0 Å². The van der Waals surface area contributed by atoms with Crippen LogP contribution in [0.5, 0.6) is 0 Å². The van der Waals surface area contributed by atoms with E-state index in [9.17, 15) is 0 Å². The maximum Gasteiger partial charge on any atom is 0.182 e. The van der Waals surface area contributed by atoms with Crippen LogP contribution in [0.25, 0.3) is 11.4 Å². The summed E-state index contributed by atoms with van der Waals surface area (Å²) in [6, 6.07) is 1.95. The number of nitrogens with one attached hydrogen (secondary N) is 1. The van der Waals surface area contributed by atoms with Gasteiger partial charge in [0, 0.05) is 31.4 Å². The van der Waals surface area contributed by atoms with Crippen LogP contribution < -0.4 is 5.73 Å². The Hall–Kier alpha value is -1.62. The molecule has 0 saturated heterocycles. The quantitative estimate of drug-likeness (QED) is 0.733. The Balaban J connectivity index is 2.33. The van der Waals surface area contributed by atoms with Gasteiger partial charge >= 0.3 is 0 Å². The summed E-state index contributed by atoms with van der Waals surface area (Å²) in [6.07, 6.45) is 4.49. The molecule has 0 fully saturated rings. The average Bonchev–Trinajstić information content (AvgIpc) is 2.76. The molecule has 0 saturated carbocycles. The van der Waals surface area contributed by atoms with Crippen LogP contribution in [0.15, 0.2) is 18.5 Å².